The molecule has 1 aromatic heterocycles. The number of hydrogen-bond acceptors (Lipinski definition) is 4. The van der Waals surface area contributed by atoms with Gasteiger partial charge in [0.2, 0.25) is 5.91 Å². The van der Waals surface area contributed by atoms with E-state index in [1.54, 1.807) is 12.1 Å². The minimum atomic E-state index is -0.352. The lowest BCUT2D eigenvalue weighted by molar-refractivity contribution is -0.119. The van der Waals surface area contributed by atoms with E-state index >= 15 is 0 Å². The molecule has 4 rings (SSSR count). The third-order valence-electron chi connectivity index (χ3n) is 7.24. The maximum Gasteiger partial charge on any atom is 0.254 e. The van der Waals surface area contributed by atoms with Gasteiger partial charge in [0.1, 0.15) is 5.82 Å². The number of piperazine rings is 1. The van der Waals surface area contributed by atoms with Crippen molar-refractivity contribution in [2.24, 2.45) is 5.73 Å². The standard InChI is InChI=1S/C28H36FN5O2/c1-5-8-34-20(4)19(3)24-14-22(28(36)33-11-9-32(10-12-33)17-26(30)35)15-25(27(24)34)31-16-21-6-7-23(29)13-18(21)2/h6-7,13-15,31H,5,8-12,16-17H2,1-4H3,(H2,30,35). The third kappa shape index (κ3) is 5.23. The van der Waals surface area contributed by atoms with Gasteiger partial charge in [-0.05, 0) is 68.1 Å². The number of primary amides is 1. The Morgan fingerprint density at radius 2 is 1.78 bits per heavy atom. The first kappa shape index (κ1) is 25.7. The molecule has 2 aromatic carbocycles. The summed E-state index contributed by atoms with van der Waals surface area (Å²) in [6, 6.07) is 8.78. The van der Waals surface area contributed by atoms with Crippen LogP contribution in [0.1, 0.15) is 46.1 Å². The number of halogens is 1. The summed E-state index contributed by atoms with van der Waals surface area (Å²) >= 11 is 0. The average Bonchev–Trinajstić information content (AvgIpc) is 3.08. The van der Waals surface area contributed by atoms with Crippen LogP contribution in [0.2, 0.25) is 0 Å². The fourth-order valence-corrected chi connectivity index (χ4v) is 5.10. The number of hydrogen-bond donors (Lipinski definition) is 2. The van der Waals surface area contributed by atoms with Gasteiger partial charge in [0.05, 0.1) is 17.7 Å². The molecule has 0 unspecified atom stereocenters. The number of fused-ring (bicyclic) bond motifs is 1. The van der Waals surface area contributed by atoms with Gasteiger partial charge in [-0.25, -0.2) is 4.39 Å². The molecule has 0 radical (unpaired) electrons. The van der Waals surface area contributed by atoms with Crippen molar-refractivity contribution in [3.05, 3.63) is 64.1 Å². The molecule has 1 saturated heterocycles. The summed E-state index contributed by atoms with van der Waals surface area (Å²) in [6.45, 7) is 12.3. The number of rotatable bonds is 8. The van der Waals surface area contributed by atoms with E-state index < -0.39 is 0 Å². The summed E-state index contributed by atoms with van der Waals surface area (Å²) < 4.78 is 15.9. The minimum Gasteiger partial charge on any atom is -0.379 e. The summed E-state index contributed by atoms with van der Waals surface area (Å²) in [5, 5.41) is 4.62. The van der Waals surface area contributed by atoms with E-state index in [2.05, 4.69) is 30.7 Å². The van der Waals surface area contributed by atoms with Crippen LogP contribution < -0.4 is 11.1 Å². The van der Waals surface area contributed by atoms with Crippen LogP contribution in [0.4, 0.5) is 10.1 Å². The van der Waals surface area contributed by atoms with E-state index in [1.807, 2.05) is 28.9 Å². The SMILES string of the molecule is CCCn1c(C)c(C)c2cc(C(=O)N3CCN(CC(N)=O)CC3)cc(NCc3ccc(F)cc3C)c21. The Morgan fingerprint density at radius 3 is 2.42 bits per heavy atom. The second-order valence-corrected chi connectivity index (χ2v) is 9.74. The molecule has 2 amide bonds. The number of nitrogens with one attached hydrogen (secondary N) is 1. The van der Waals surface area contributed by atoms with Crippen molar-refractivity contribution in [1.82, 2.24) is 14.4 Å². The molecule has 0 aliphatic carbocycles. The Hall–Kier alpha value is -3.39. The zero-order valence-electron chi connectivity index (χ0n) is 21.7. The molecule has 0 bridgehead atoms. The van der Waals surface area contributed by atoms with Crippen LogP contribution in [-0.4, -0.2) is 58.9 Å². The monoisotopic (exact) mass is 493 g/mol. The first-order valence-corrected chi connectivity index (χ1v) is 12.6. The van der Waals surface area contributed by atoms with Gasteiger partial charge in [0.25, 0.3) is 5.91 Å². The molecule has 36 heavy (non-hydrogen) atoms. The topological polar surface area (TPSA) is 83.6 Å². The first-order chi connectivity index (χ1) is 17.2. The zero-order valence-corrected chi connectivity index (χ0v) is 21.7. The molecule has 3 N–H and O–H groups in total. The smallest absolute Gasteiger partial charge is 0.254 e. The van der Waals surface area contributed by atoms with Crippen molar-refractivity contribution in [3.8, 4) is 0 Å². The van der Waals surface area contributed by atoms with Crippen molar-refractivity contribution in [2.75, 3.05) is 38.0 Å². The third-order valence-corrected chi connectivity index (χ3v) is 7.24. The number of carbonyl (C=O) groups excluding carboxylic acids is 2. The van der Waals surface area contributed by atoms with E-state index in [9.17, 15) is 14.0 Å². The van der Waals surface area contributed by atoms with Crippen LogP contribution in [0, 0.1) is 26.6 Å². The van der Waals surface area contributed by atoms with Crippen LogP contribution >= 0.6 is 0 Å². The van der Waals surface area contributed by atoms with Crippen molar-refractivity contribution in [3.63, 3.8) is 0 Å². The molecule has 1 aliphatic rings. The molecular weight excluding hydrogens is 457 g/mol. The Morgan fingerprint density at radius 1 is 1.06 bits per heavy atom. The lowest BCUT2D eigenvalue weighted by Crippen LogP contribution is -2.50. The predicted molar refractivity (Wildman–Crippen MR) is 142 cm³/mol. The fraction of sp³-hybridized carbons (Fsp3) is 0.429. The van der Waals surface area contributed by atoms with Gasteiger partial charge in [-0.2, -0.15) is 0 Å². The molecule has 0 saturated carbocycles. The molecule has 192 valence electrons. The highest BCUT2D eigenvalue weighted by Gasteiger charge is 2.25. The average molecular weight is 494 g/mol. The van der Waals surface area contributed by atoms with E-state index in [0.29, 0.717) is 38.3 Å². The summed E-state index contributed by atoms with van der Waals surface area (Å²) in [7, 11) is 0. The second-order valence-electron chi connectivity index (χ2n) is 9.74. The van der Waals surface area contributed by atoms with Gasteiger partial charge >= 0.3 is 0 Å². The lowest BCUT2D eigenvalue weighted by Gasteiger charge is -2.34. The number of carbonyl (C=O) groups is 2. The fourth-order valence-electron chi connectivity index (χ4n) is 5.10. The van der Waals surface area contributed by atoms with Crippen LogP contribution in [0.3, 0.4) is 0 Å². The van der Waals surface area contributed by atoms with Crippen molar-refractivity contribution in [1.29, 1.82) is 0 Å². The largest absolute Gasteiger partial charge is 0.379 e. The maximum atomic E-state index is 13.6. The number of aryl methyl sites for hydroxylation is 3. The molecule has 1 fully saturated rings. The molecular formula is C28H36FN5O2. The molecule has 0 atom stereocenters. The highest BCUT2D eigenvalue weighted by molar-refractivity contribution is 6.04. The number of nitrogens with zero attached hydrogens (tertiary/aromatic N) is 3. The van der Waals surface area contributed by atoms with E-state index in [4.69, 9.17) is 5.73 Å². The van der Waals surface area contributed by atoms with Crippen LogP contribution in [0.25, 0.3) is 10.9 Å². The number of nitrogens with two attached hydrogens (primary N) is 1. The molecule has 1 aliphatic heterocycles. The Labute approximate surface area is 212 Å². The lowest BCUT2D eigenvalue weighted by atomic mass is 10.0. The molecule has 2 heterocycles. The predicted octanol–water partition coefficient (Wildman–Crippen LogP) is 3.97. The number of amides is 2. The van der Waals surface area contributed by atoms with Gasteiger partial charge in [-0.1, -0.05) is 13.0 Å². The highest BCUT2D eigenvalue weighted by atomic mass is 19.1. The molecule has 7 nitrogen and oxygen atoms in total. The summed E-state index contributed by atoms with van der Waals surface area (Å²) in [6.07, 6.45) is 0.997. The summed E-state index contributed by atoms with van der Waals surface area (Å²) in [5.41, 5.74) is 12.2. The zero-order chi connectivity index (χ0) is 26.0. The van der Waals surface area contributed by atoms with Crippen LogP contribution in [0.5, 0.6) is 0 Å². The van der Waals surface area contributed by atoms with Crippen LogP contribution in [0.15, 0.2) is 30.3 Å². The van der Waals surface area contributed by atoms with Crippen molar-refractivity contribution < 1.29 is 14.0 Å². The number of aromatic nitrogens is 1. The summed E-state index contributed by atoms with van der Waals surface area (Å²) in [5.74, 6) is -0.614. The van der Waals surface area contributed by atoms with E-state index in [-0.39, 0.29) is 24.2 Å². The Bertz CT molecular complexity index is 1290. The normalized spacial score (nSPS) is 14.4. The first-order valence-electron chi connectivity index (χ1n) is 12.6. The molecule has 8 heteroatoms. The van der Waals surface area contributed by atoms with Gasteiger partial charge in [-0.15, -0.1) is 0 Å². The second kappa shape index (κ2) is 10.7. The van der Waals surface area contributed by atoms with Crippen LogP contribution in [-0.2, 0) is 17.9 Å². The Balaban J connectivity index is 1.68. The van der Waals surface area contributed by atoms with Gasteiger partial charge in [0.15, 0.2) is 0 Å². The van der Waals surface area contributed by atoms with E-state index in [0.717, 1.165) is 40.7 Å². The Kier molecular flexibility index (Phi) is 7.64. The van der Waals surface area contributed by atoms with Gasteiger partial charge in [0, 0.05) is 55.9 Å². The maximum absolute atomic E-state index is 13.6. The summed E-state index contributed by atoms with van der Waals surface area (Å²) in [4.78, 5) is 28.6. The molecule has 0 spiro atoms. The number of benzene rings is 2. The minimum absolute atomic E-state index is 0.0167. The van der Waals surface area contributed by atoms with Crippen molar-refractivity contribution in [2.45, 2.75) is 47.2 Å². The van der Waals surface area contributed by atoms with Gasteiger partial charge < -0.3 is 20.5 Å². The number of anilines is 1. The van der Waals surface area contributed by atoms with Gasteiger partial charge in [-0.3, -0.25) is 14.5 Å². The molecule has 3 aromatic rings. The van der Waals surface area contributed by atoms with Crippen molar-refractivity contribution >= 4 is 28.4 Å². The highest BCUT2D eigenvalue weighted by Crippen LogP contribution is 2.34. The quantitative estimate of drug-likeness (QED) is 0.497. The van der Waals surface area contributed by atoms with E-state index in [1.165, 1.54) is 17.3 Å².